The fourth-order valence-electron chi connectivity index (χ4n) is 5.60. The average Bonchev–Trinajstić information content (AvgIpc) is 3.21. The lowest BCUT2D eigenvalue weighted by Crippen LogP contribution is -2.52. The second-order valence-electron chi connectivity index (χ2n) is 10.3. The van der Waals surface area contributed by atoms with Gasteiger partial charge in [0.25, 0.3) is 0 Å². The van der Waals surface area contributed by atoms with E-state index in [1.54, 1.807) is 4.90 Å². The standard InChI is InChI=1S/C24H38N4O3/c1-24(2,3)28(23(29)30)19-6-4-18(5-7-19)9-12-26-13-15-27(16-14-26)22-20-10-17-31-21(20)8-11-25-22/h8,11,18-19H,4-7,9-10,12-17H2,1-3H3,(H,29,30). The molecule has 0 bridgehead atoms. The van der Waals surface area contributed by atoms with Gasteiger partial charge in [-0.25, -0.2) is 9.78 Å². The van der Waals surface area contributed by atoms with E-state index in [0.29, 0.717) is 0 Å². The monoisotopic (exact) mass is 430 g/mol. The van der Waals surface area contributed by atoms with Crippen LogP contribution in [0.2, 0.25) is 0 Å². The highest BCUT2D eigenvalue weighted by molar-refractivity contribution is 5.66. The molecular formula is C24H38N4O3. The SMILES string of the molecule is CC(C)(C)N(C(=O)O)C1CCC(CCN2CCN(c3nccc4c3CCO4)CC2)CC1. The van der Waals surface area contributed by atoms with Gasteiger partial charge in [-0.2, -0.15) is 0 Å². The van der Waals surface area contributed by atoms with E-state index in [1.165, 1.54) is 12.0 Å². The second-order valence-corrected chi connectivity index (χ2v) is 10.3. The van der Waals surface area contributed by atoms with Crippen LogP contribution in [0, 0.1) is 5.92 Å². The van der Waals surface area contributed by atoms with Crippen molar-refractivity contribution < 1.29 is 14.6 Å². The molecule has 1 saturated heterocycles. The van der Waals surface area contributed by atoms with E-state index in [1.807, 2.05) is 33.0 Å². The van der Waals surface area contributed by atoms with Gasteiger partial charge in [-0.3, -0.25) is 4.90 Å². The van der Waals surface area contributed by atoms with Crippen LogP contribution in [0.4, 0.5) is 10.6 Å². The van der Waals surface area contributed by atoms with Crippen LogP contribution in [-0.4, -0.2) is 76.9 Å². The van der Waals surface area contributed by atoms with Crippen LogP contribution >= 0.6 is 0 Å². The van der Waals surface area contributed by atoms with Crippen molar-refractivity contribution in [2.45, 2.75) is 70.9 Å². The number of rotatable bonds is 5. The quantitative estimate of drug-likeness (QED) is 0.765. The predicted octanol–water partition coefficient (Wildman–Crippen LogP) is 3.87. The molecule has 0 spiro atoms. The third-order valence-electron chi connectivity index (χ3n) is 7.24. The normalized spacial score (nSPS) is 24.5. The number of fused-ring (bicyclic) bond motifs is 1. The van der Waals surface area contributed by atoms with Gasteiger partial charge < -0.3 is 19.6 Å². The molecule has 3 heterocycles. The molecule has 172 valence electrons. The summed E-state index contributed by atoms with van der Waals surface area (Å²) in [7, 11) is 0. The number of nitrogens with zero attached hydrogens (tertiary/aromatic N) is 4. The van der Waals surface area contributed by atoms with Crippen molar-refractivity contribution in [2.75, 3.05) is 44.2 Å². The fraction of sp³-hybridized carbons (Fsp3) is 0.750. The van der Waals surface area contributed by atoms with Crippen molar-refractivity contribution in [3.05, 3.63) is 17.8 Å². The van der Waals surface area contributed by atoms with Gasteiger partial charge >= 0.3 is 6.09 Å². The molecule has 2 fully saturated rings. The first-order chi connectivity index (χ1) is 14.8. The molecule has 31 heavy (non-hydrogen) atoms. The third kappa shape index (κ3) is 5.08. The van der Waals surface area contributed by atoms with Crippen LogP contribution in [0.3, 0.4) is 0 Å². The molecule has 1 saturated carbocycles. The summed E-state index contributed by atoms with van der Waals surface area (Å²) in [6.45, 7) is 12.1. The van der Waals surface area contributed by atoms with Crippen molar-refractivity contribution in [3.63, 3.8) is 0 Å². The Morgan fingerprint density at radius 3 is 2.55 bits per heavy atom. The molecule has 0 atom stereocenters. The fourth-order valence-corrected chi connectivity index (χ4v) is 5.60. The second kappa shape index (κ2) is 9.23. The number of hydrogen-bond acceptors (Lipinski definition) is 5. The Labute approximate surface area is 186 Å². The van der Waals surface area contributed by atoms with E-state index in [2.05, 4.69) is 14.8 Å². The van der Waals surface area contributed by atoms with Crippen molar-refractivity contribution in [3.8, 4) is 5.75 Å². The van der Waals surface area contributed by atoms with Crippen LogP contribution in [-0.2, 0) is 6.42 Å². The minimum atomic E-state index is -0.779. The third-order valence-corrected chi connectivity index (χ3v) is 7.24. The summed E-state index contributed by atoms with van der Waals surface area (Å²) in [6, 6.07) is 2.15. The van der Waals surface area contributed by atoms with Gasteiger partial charge in [0.2, 0.25) is 0 Å². The molecule has 0 unspecified atom stereocenters. The molecule has 1 aliphatic carbocycles. The summed E-state index contributed by atoms with van der Waals surface area (Å²) in [5.41, 5.74) is 0.946. The summed E-state index contributed by atoms with van der Waals surface area (Å²) in [4.78, 5) is 23.1. The molecule has 7 heteroatoms. The lowest BCUT2D eigenvalue weighted by atomic mass is 9.82. The largest absolute Gasteiger partial charge is 0.493 e. The van der Waals surface area contributed by atoms with E-state index >= 15 is 0 Å². The Kier molecular flexibility index (Phi) is 6.60. The van der Waals surface area contributed by atoms with Crippen molar-refractivity contribution in [1.82, 2.24) is 14.8 Å². The maximum atomic E-state index is 11.8. The number of hydrogen-bond donors (Lipinski definition) is 1. The lowest BCUT2D eigenvalue weighted by Gasteiger charge is -2.43. The highest BCUT2D eigenvalue weighted by Gasteiger charge is 2.35. The molecule has 0 aromatic carbocycles. The van der Waals surface area contributed by atoms with E-state index in [4.69, 9.17) is 4.74 Å². The maximum absolute atomic E-state index is 11.8. The minimum absolute atomic E-state index is 0.168. The highest BCUT2D eigenvalue weighted by atomic mass is 16.5. The number of pyridine rings is 1. The number of piperazine rings is 1. The Hall–Kier alpha value is -2.02. The van der Waals surface area contributed by atoms with Gasteiger partial charge in [-0.1, -0.05) is 0 Å². The molecule has 1 amide bonds. The lowest BCUT2D eigenvalue weighted by molar-refractivity contribution is 0.0488. The van der Waals surface area contributed by atoms with E-state index < -0.39 is 6.09 Å². The number of carbonyl (C=O) groups is 1. The maximum Gasteiger partial charge on any atom is 0.407 e. The molecule has 3 aliphatic rings. The summed E-state index contributed by atoms with van der Waals surface area (Å²) < 4.78 is 5.70. The van der Waals surface area contributed by atoms with Crippen molar-refractivity contribution >= 4 is 11.9 Å². The van der Waals surface area contributed by atoms with E-state index in [-0.39, 0.29) is 11.6 Å². The van der Waals surface area contributed by atoms with E-state index in [9.17, 15) is 9.90 Å². The molecule has 4 rings (SSSR count). The van der Waals surface area contributed by atoms with Crippen LogP contribution in [0.25, 0.3) is 0 Å². The van der Waals surface area contributed by atoms with Crippen molar-refractivity contribution in [2.24, 2.45) is 5.92 Å². The number of amides is 1. The highest BCUT2D eigenvalue weighted by Crippen LogP contribution is 2.34. The van der Waals surface area contributed by atoms with Gasteiger partial charge in [-0.15, -0.1) is 0 Å². The van der Waals surface area contributed by atoms with Gasteiger partial charge in [0, 0.05) is 55.9 Å². The Morgan fingerprint density at radius 1 is 1.19 bits per heavy atom. The summed E-state index contributed by atoms with van der Waals surface area (Å²) >= 11 is 0. The van der Waals surface area contributed by atoms with Crippen LogP contribution in [0.1, 0.15) is 58.4 Å². The zero-order valence-electron chi connectivity index (χ0n) is 19.3. The van der Waals surface area contributed by atoms with Crippen molar-refractivity contribution in [1.29, 1.82) is 0 Å². The minimum Gasteiger partial charge on any atom is -0.493 e. The molecule has 0 radical (unpaired) electrons. The predicted molar refractivity (Wildman–Crippen MR) is 122 cm³/mol. The van der Waals surface area contributed by atoms with Crippen LogP contribution < -0.4 is 9.64 Å². The van der Waals surface area contributed by atoms with E-state index in [0.717, 1.165) is 88.9 Å². The zero-order chi connectivity index (χ0) is 22.0. The summed E-state index contributed by atoms with van der Waals surface area (Å²) in [5.74, 6) is 2.85. The van der Waals surface area contributed by atoms with Gasteiger partial charge in [0.05, 0.1) is 6.61 Å². The number of carboxylic acid groups (broad SMARTS) is 1. The molecule has 7 nitrogen and oxygen atoms in total. The van der Waals surface area contributed by atoms with Gasteiger partial charge in [0.15, 0.2) is 0 Å². The first-order valence-corrected chi connectivity index (χ1v) is 11.9. The molecular weight excluding hydrogens is 392 g/mol. The topological polar surface area (TPSA) is 69.1 Å². The summed E-state index contributed by atoms with van der Waals surface area (Å²) in [5, 5.41) is 9.66. The number of anilines is 1. The molecule has 1 aromatic rings. The van der Waals surface area contributed by atoms with Gasteiger partial charge in [-0.05, 0) is 71.4 Å². The Balaban J connectivity index is 1.21. The molecule has 1 aromatic heterocycles. The molecule has 2 aliphatic heterocycles. The smallest absolute Gasteiger partial charge is 0.407 e. The number of ether oxygens (including phenoxy) is 1. The van der Waals surface area contributed by atoms with Crippen LogP contribution in [0.5, 0.6) is 5.75 Å². The zero-order valence-corrected chi connectivity index (χ0v) is 19.3. The molecule has 1 N–H and O–H groups in total. The average molecular weight is 431 g/mol. The Morgan fingerprint density at radius 2 is 1.90 bits per heavy atom. The number of aromatic nitrogens is 1. The first kappa shape index (κ1) is 22.2. The summed E-state index contributed by atoms with van der Waals surface area (Å²) in [6.07, 6.45) is 7.56. The van der Waals surface area contributed by atoms with Crippen LogP contribution in [0.15, 0.2) is 12.3 Å². The van der Waals surface area contributed by atoms with Gasteiger partial charge in [0.1, 0.15) is 11.6 Å². The first-order valence-electron chi connectivity index (χ1n) is 11.9. The Bertz CT molecular complexity index is 763.